The predicted molar refractivity (Wildman–Crippen MR) is 78.6 cm³/mol. The average Bonchev–Trinajstić information content (AvgIpc) is 2.38. The minimum Gasteiger partial charge on any atom is -0.353 e. The Morgan fingerprint density at radius 1 is 1.32 bits per heavy atom. The summed E-state index contributed by atoms with van der Waals surface area (Å²) in [5, 5.41) is 2.87. The van der Waals surface area contributed by atoms with Crippen molar-refractivity contribution < 1.29 is 4.79 Å². The van der Waals surface area contributed by atoms with Gasteiger partial charge in [-0.05, 0) is 18.5 Å². The third kappa shape index (κ3) is 5.85. The van der Waals surface area contributed by atoms with Crippen molar-refractivity contribution in [1.82, 2.24) is 10.2 Å². The molecule has 1 atom stereocenters. The summed E-state index contributed by atoms with van der Waals surface area (Å²) in [5.41, 5.74) is 7.05. The zero-order valence-electron chi connectivity index (χ0n) is 12.1. The summed E-state index contributed by atoms with van der Waals surface area (Å²) < 4.78 is 0. The first-order chi connectivity index (χ1) is 9.00. The SMILES string of the molecule is CC(C)[C@H](N)C(=O)NCCN(C)Cc1ccccc1. The Morgan fingerprint density at radius 3 is 2.53 bits per heavy atom. The molecule has 106 valence electrons. The van der Waals surface area contributed by atoms with Crippen LogP contribution >= 0.6 is 0 Å². The van der Waals surface area contributed by atoms with Crippen molar-refractivity contribution in [3.8, 4) is 0 Å². The van der Waals surface area contributed by atoms with E-state index in [1.54, 1.807) is 0 Å². The number of hydrogen-bond acceptors (Lipinski definition) is 3. The van der Waals surface area contributed by atoms with E-state index in [1.165, 1.54) is 5.56 Å². The van der Waals surface area contributed by atoms with Crippen LogP contribution in [0.25, 0.3) is 0 Å². The Kier molecular flexibility index (Phi) is 6.53. The summed E-state index contributed by atoms with van der Waals surface area (Å²) in [5.74, 6) is 0.102. The largest absolute Gasteiger partial charge is 0.353 e. The van der Waals surface area contributed by atoms with Crippen molar-refractivity contribution in [2.45, 2.75) is 26.4 Å². The van der Waals surface area contributed by atoms with Crippen molar-refractivity contribution in [3.63, 3.8) is 0 Å². The average molecular weight is 263 g/mol. The van der Waals surface area contributed by atoms with Gasteiger partial charge in [0.25, 0.3) is 0 Å². The van der Waals surface area contributed by atoms with Crippen LogP contribution in [0, 0.1) is 5.92 Å². The molecule has 0 saturated heterocycles. The lowest BCUT2D eigenvalue weighted by Crippen LogP contribution is -2.45. The van der Waals surface area contributed by atoms with Gasteiger partial charge < -0.3 is 16.0 Å². The number of likely N-dealkylation sites (N-methyl/N-ethyl adjacent to an activating group) is 1. The number of nitrogens with zero attached hydrogens (tertiary/aromatic N) is 1. The Bertz CT molecular complexity index is 378. The van der Waals surface area contributed by atoms with Gasteiger partial charge in [-0.2, -0.15) is 0 Å². The molecule has 3 N–H and O–H groups in total. The van der Waals surface area contributed by atoms with E-state index in [-0.39, 0.29) is 11.8 Å². The molecule has 1 aromatic rings. The molecule has 0 fully saturated rings. The monoisotopic (exact) mass is 263 g/mol. The first kappa shape index (κ1) is 15.7. The topological polar surface area (TPSA) is 58.4 Å². The third-order valence-electron chi connectivity index (χ3n) is 3.11. The molecular formula is C15H25N3O. The first-order valence-electron chi connectivity index (χ1n) is 6.76. The number of benzene rings is 1. The van der Waals surface area contributed by atoms with Gasteiger partial charge in [-0.3, -0.25) is 4.79 Å². The van der Waals surface area contributed by atoms with Crippen LogP contribution in [0.15, 0.2) is 30.3 Å². The molecule has 0 aliphatic carbocycles. The number of rotatable bonds is 7. The lowest BCUT2D eigenvalue weighted by Gasteiger charge is -2.19. The van der Waals surface area contributed by atoms with E-state index >= 15 is 0 Å². The quantitative estimate of drug-likeness (QED) is 0.777. The van der Waals surface area contributed by atoms with Crippen molar-refractivity contribution in [2.24, 2.45) is 11.7 Å². The lowest BCUT2D eigenvalue weighted by atomic mass is 10.1. The standard InChI is InChI=1S/C15H25N3O/c1-12(2)14(16)15(19)17-9-10-18(3)11-13-7-5-4-6-8-13/h4-8,12,14H,9-11,16H2,1-3H3,(H,17,19)/t14-/m0/s1. The van der Waals surface area contributed by atoms with Crippen LogP contribution < -0.4 is 11.1 Å². The smallest absolute Gasteiger partial charge is 0.237 e. The first-order valence-corrected chi connectivity index (χ1v) is 6.76. The van der Waals surface area contributed by atoms with Crippen LogP contribution in [0.4, 0.5) is 0 Å². The fourth-order valence-corrected chi connectivity index (χ4v) is 1.76. The molecule has 0 aromatic heterocycles. The van der Waals surface area contributed by atoms with Gasteiger partial charge >= 0.3 is 0 Å². The van der Waals surface area contributed by atoms with Gasteiger partial charge in [0.05, 0.1) is 6.04 Å². The summed E-state index contributed by atoms with van der Waals surface area (Å²) in [6.07, 6.45) is 0. The molecule has 0 saturated carbocycles. The molecule has 1 aromatic carbocycles. The maximum absolute atomic E-state index is 11.7. The summed E-state index contributed by atoms with van der Waals surface area (Å²) in [6.45, 7) is 6.22. The minimum absolute atomic E-state index is 0.0666. The predicted octanol–water partition coefficient (Wildman–Crippen LogP) is 1.22. The molecule has 0 radical (unpaired) electrons. The van der Waals surface area contributed by atoms with Crippen LogP contribution in [0.5, 0.6) is 0 Å². The molecule has 0 bridgehead atoms. The maximum atomic E-state index is 11.7. The van der Waals surface area contributed by atoms with Gasteiger partial charge in [0.1, 0.15) is 0 Å². The van der Waals surface area contributed by atoms with Crippen molar-refractivity contribution >= 4 is 5.91 Å². The second-order valence-electron chi connectivity index (χ2n) is 5.28. The minimum atomic E-state index is -0.417. The fourth-order valence-electron chi connectivity index (χ4n) is 1.76. The van der Waals surface area contributed by atoms with Crippen molar-refractivity contribution in [2.75, 3.05) is 20.1 Å². The third-order valence-corrected chi connectivity index (χ3v) is 3.11. The highest BCUT2D eigenvalue weighted by atomic mass is 16.2. The van der Waals surface area contributed by atoms with E-state index in [0.717, 1.165) is 13.1 Å². The fraction of sp³-hybridized carbons (Fsp3) is 0.533. The Balaban J connectivity index is 2.24. The van der Waals surface area contributed by atoms with Gasteiger partial charge in [0.15, 0.2) is 0 Å². The second-order valence-corrected chi connectivity index (χ2v) is 5.28. The molecule has 1 rings (SSSR count). The number of hydrogen-bond donors (Lipinski definition) is 2. The van der Waals surface area contributed by atoms with Crippen LogP contribution in [0.2, 0.25) is 0 Å². The van der Waals surface area contributed by atoms with Crippen molar-refractivity contribution in [1.29, 1.82) is 0 Å². The van der Waals surface area contributed by atoms with Gasteiger partial charge in [-0.1, -0.05) is 44.2 Å². The molecule has 0 heterocycles. The van der Waals surface area contributed by atoms with Gasteiger partial charge in [0, 0.05) is 19.6 Å². The summed E-state index contributed by atoms with van der Waals surface area (Å²) in [7, 11) is 2.04. The Labute approximate surface area is 116 Å². The molecule has 19 heavy (non-hydrogen) atoms. The zero-order chi connectivity index (χ0) is 14.3. The van der Waals surface area contributed by atoms with Gasteiger partial charge in [0.2, 0.25) is 5.91 Å². The van der Waals surface area contributed by atoms with Crippen LogP contribution in [0.1, 0.15) is 19.4 Å². The van der Waals surface area contributed by atoms with Crippen molar-refractivity contribution in [3.05, 3.63) is 35.9 Å². The number of nitrogens with one attached hydrogen (secondary N) is 1. The number of amides is 1. The molecular weight excluding hydrogens is 238 g/mol. The highest BCUT2D eigenvalue weighted by molar-refractivity contribution is 5.81. The van der Waals surface area contributed by atoms with E-state index in [2.05, 4.69) is 22.3 Å². The Morgan fingerprint density at radius 2 is 1.95 bits per heavy atom. The summed E-state index contributed by atoms with van der Waals surface area (Å²) in [6, 6.07) is 9.86. The summed E-state index contributed by atoms with van der Waals surface area (Å²) >= 11 is 0. The Hall–Kier alpha value is -1.39. The van der Waals surface area contributed by atoms with E-state index in [9.17, 15) is 4.79 Å². The highest BCUT2D eigenvalue weighted by Gasteiger charge is 2.16. The number of carbonyl (C=O) groups is 1. The molecule has 1 amide bonds. The summed E-state index contributed by atoms with van der Waals surface area (Å²) in [4.78, 5) is 13.8. The van der Waals surface area contributed by atoms with E-state index < -0.39 is 6.04 Å². The molecule has 0 aliphatic rings. The molecule has 4 heteroatoms. The van der Waals surface area contributed by atoms with Crippen LogP contribution in [-0.2, 0) is 11.3 Å². The van der Waals surface area contributed by atoms with E-state index in [0.29, 0.717) is 6.54 Å². The van der Waals surface area contributed by atoms with Crippen LogP contribution in [0.3, 0.4) is 0 Å². The van der Waals surface area contributed by atoms with E-state index in [1.807, 2.05) is 39.1 Å². The molecule has 0 aliphatic heterocycles. The zero-order valence-corrected chi connectivity index (χ0v) is 12.1. The maximum Gasteiger partial charge on any atom is 0.237 e. The molecule has 0 spiro atoms. The number of nitrogens with two attached hydrogens (primary N) is 1. The van der Waals surface area contributed by atoms with Gasteiger partial charge in [-0.15, -0.1) is 0 Å². The number of carbonyl (C=O) groups excluding carboxylic acids is 1. The van der Waals surface area contributed by atoms with Crippen LogP contribution in [-0.4, -0.2) is 37.0 Å². The molecule has 4 nitrogen and oxygen atoms in total. The highest BCUT2D eigenvalue weighted by Crippen LogP contribution is 2.02. The normalized spacial score (nSPS) is 12.7. The molecule has 0 unspecified atom stereocenters. The second kappa shape index (κ2) is 7.92. The van der Waals surface area contributed by atoms with Gasteiger partial charge in [-0.25, -0.2) is 0 Å². The van der Waals surface area contributed by atoms with E-state index in [4.69, 9.17) is 5.73 Å². The lowest BCUT2D eigenvalue weighted by molar-refractivity contribution is -0.123.